The molecule has 0 bridgehead atoms. The molecule has 0 aromatic heterocycles. The third-order valence-electron chi connectivity index (χ3n) is 7.23. The maximum atomic E-state index is 13.9. The molecule has 1 fully saturated rings. The van der Waals surface area contributed by atoms with Crippen molar-refractivity contribution in [2.75, 3.05) is 22.7 Å². The van der Waals surface area contributed by atoms with Gasteiger partial charge in [-0.05, 0) is 66.9 Å². The second kappa shape index (κ2) is 12.9. The van der Waals surface area contributed by atoms with Gasteiger partial charge in [0.2, 0.25) is 10.0 Å². The molecule has 0 spiro atoms. The molecule has 0 atom stereocenters. The van der Waals surface area contributed by atoms with Crippen molar-refractivity contribution >= 4 is 37.3 Å². The second-order valence-corrected chi connectivity index (χ2v) is 13.9. The minimum Gasteiger partial charge on any atom is -0.322 e. The van der Waals surface area contributed by atoms with E-state index in [1.165, 1.54) is 32.9 Å². The minimum absolute atomic E-state index is 0.0193. The van der Waals surface area contributed by atoms with Gasteiger partial charge in [0, 0.05) is 18.8 Å². The third-order valence-corrected chi connectivity index (χ3v) is 10.9. The molecule has 0 radical (unpaired) electrons. The van der Waals surface area contributed by atoms with Crippen LogP contribution in [-0.4, -0.2) is 40.1 Å². The largest absolute Gasteiger partial charge is 0.322 e. The average molecular weight is 604 g/mol. The van der Waals surface area contributed by atoms with Crippen LogP contribution >= 0.6 is 0 Å². The van der Waals surface area contributed by atoms with Crippen LogP contribution in [0.1, 0.15) is 41.6 Å². The zero-order valence-electron chi connectivity index (χ0n) is 23.1. The lowest BCUT2D eigenvalue weighted by atomic mass is 10.1. The molecule has 1 heterocycles. The van der Waals surface area contributed by atoms with Crippen LogP contribution in [0.3, 0.4) is 0 Å². The van der Waals surface area contributed by atoms with Crippen LogP contribution in [0, 0.1) is 0 Å². The van der Waals surface area contributed by atoms with Gasteiger partial charge in [0.15, 0.2) is 0 Å². The van der Waals surface area contributed by atoms with Crippen LogP contribution in [0.2, 0.25) is 0 Å². The van der Waals surface area contributed by atoms with E-state index in [1.807, 2.05) is 30.3 Å². The van der Waals surface area contributed by atoms with E-state index >= 15 is 0 Å². The molecule has 0 aliphatic carbocycles. The first-order chi connectivity index (χ1) is 20.3. The molecule has 42 heavy (non-hydrogen) atoms. The summed E-state index contributed by atoms with van der Waals surface area (Å²) in [6, 6.07) is 29.9. The minimum atomic E-state index is -4.03. The molecule has 0 unspecified atom stereocenters. The first-order valence-corrected chi connectivity index (χ1v) is 16.8. The van der Waals surface area contributed by atoms with Crippen molar-refractivity contribution in [3.63, 3.8) is 0 Å². The van der Waals surface area contributed by atoms with E-state index in [2.05, 4.69) is 5.32 Å². The smallest absolute Gasteiger partial charge is 0.264 e. The van der Waals surface area contributed by atoms with Gasteiger partial charge in [0.1, 0.15) is 0 Å². The predicted molar refractivity (Wildman–Crippen MR) is 164 cm³/mol. The van der Waals surface area contributed by atoms with Gasteiger partial charge in [0.05, 0.1) is 27.6 Å². The highest BCUT2D eigenvalue weighted by atomic mass is 32.2. The molecule has 10 heteroatoms. The number of hydrogen-bond donors (Lipinski definition) is 1. The number of amides is 1. The number of sulfonamides is 2. The summed E-state index contributed by atoms with van der Waals surface area (Å²) in [6.45, 7) is 1.03. The summed E-state index contributed by atoms with van der Waals surface area (Å²) in [5.74, 6) is -0.518. The Hall–Kier alpha value is -3.99. The van der Waals surface area contributed by atoms with E-state index in [9.17, 15) is 21.6 Å². The lowest BCUT2D eigenvalue weighted by Gasteiger charge is -2.26. The molecule has 1 aliphatic heterocycles. The van der Waals surface area contributed by atoms with Crippen molar-refractivity contribution in [2.45, 2.75) is 42.0 Å². The number of carbonyl (C=O) groups is 1. The van der Waals surface area contributed by atoms with Gasteiger partial charge in [-0.1, -0.05) is 73.5 Å². The third kappa shape index (κ3) is 6.56. The number of hydrogen-bond acceptors (Lipinski definition) is 5. The predicted octanol–water partition coefficient (Wildman–Crippen LogP) is 5.90. The van der Waals surface area contributed by atoms with Gasteiger partial charge < -0.3 is 5.32 Å². The Bertz CT molecular complexity index is 1720. The summed E-state index contributed by atoms with van der Waals surface area (Å²) in [7, 11) is -7.66. The summed E-state index contributed by atoms with van der Waals surface area (Å²) < 4.78 is 56.8. The summed E-state index contributed by atoms with van der Waals surface area (Å²) in [5.41, 5.74) is 1.54. The van der Waals surface area contributed by atoms with Crippen molar-refractivity contribution in [2.24, 2.45) is 0 Å². The van der Waals surface area contributed by atoms with Gasteiger partial charge >= 0.3 is 0 Å². The molecule has 1 N–H and O–H groups in total. The van der Waals surface area contributed by atoms with E-state index in [-0.39, 0.29) is 27.6 Å². The summed E-state index contributed by atoms with van der Waals surface area (Å²) in [6.07, 6.45) is 3.73. The highest BCUT2D eigenvalue weighted by Crippen LogP contribution is 2.30. The van der Waals surface area contributed by atoms with Crippen molar-refractivity contribution in [1.29, 1.82) is 0 Å². The number of carbonyl (C=O) groups excluding carboxylic acids is 1. The van der Waals surface area contributed by atoms with E-state index in [1.54, 1.807) is 54.6 Å². The SMILES string of the molecule is O=C(Nc1ccc(S(=O)(=O)N2CCCCCC2)cc1)c1ccccc1N(Cc1ccccc1)S(=O)(=O)c1ccccc1. The van der Waals surface area contributed by atoms with Gasteiger partial charge in [-0.2, -0.15) is 4.31 Å². The van der Waals surface area contributed by atoms with Crippen molar-refractivity contribution in [1.82, 2.24) is 4.31 Å². The second-order valence-electron chi connectivity index (χ2n) is 10.1. The van der Waals surface area contributed by atoms with Crippen LogP contribution in [-0.2, 0) is 26.6 Å². The summed E-state index contributed by atoms with van der Waals surface area (Å²) >= 11 is 0. The highest BCUT2D eigenvalue weighted by Gasteiger charge is 2.29. The fraction of sp³-hybridized carbons (Fsp3) is 0.219. The van der Waals surface area contributed by atoms with Crippen LogP contribution in [0.15, 0.2) is 119 Å². The van der Waals surface area contributed by atoms with Gasteiger partial charge in [-0.25, -0.2) is 16.8 Å². The van der Waals surface area contributed by atoms with Crippen LogP contribution < -0.4 is 9.62 Å². The number of nitrogens with one attached hydrogen (secondary N) is 1. The molecule has 0 saturated carbocycles. The monoisotopic (exact) mass is 603 g/mol. The molecular weight excluding hydrogens is 571 g/mol. The maximum absolute atomic E-state index is 13.9. The maximum Gasteiger partial charge on any atom is 0.264 e. The van der Waals surface area contributed by atoms with Gasteiger partial charge in [-0.15, -0.1) is 0 Å². The number of anilines is 2. The zero-order chi connectivity index (χ0) is 29.6. The molecule has 4 aromatic rings. The fourth-order valence-electron chi connectivity index (χ4n) is 4.99. The lowest BCUT2D eigenvalue weighted by Crippen LogP contribution is -2.32. The Kier molecular flexibility index (Phi) is 9.06. The Labute approximate surface area is 247 Å². The van der Waals surface area contributed by atoms with Gasteiger partial charge in [-0.3, -0.25) is 9.10 Å². The van der Waals surface area contributed by atoms with Crippen molar-refractivity contribution in [3.05, 3.63) is 120 Å². The van der Waals surface area contributed by atoms with Crippen LogP contribution in [0.5, 0.6) is 0 Å². The van der Waals surface area contributed by atoms with Crippen LogP contribution in [0.25, 0.3) is 0 Å². The van der Waals surface area contributed by atoms with Crippen LogP contribution in [0.4, 0.5) is 11.4 Å². The quantitative estimate of drug-likeness (QED) is 0.257. The van der Waals surface area contributed by atoms with Crippen molar-refractivity contribution in [3.8, 4) is 0 Å². The fourth-order valence-corrected chi connectivity index (χ4v) is 8.00. The normalized spacial score (nSPS) is 14.6. The number of para-hydroxylation sites is 1. The molecule has 1 aliphatic rings. The molecule has 1 amide bonds. The number of rotatable bonds is 9. The Balaban J connectivity index is 1.43. The van der Waals surface area contributed by atoms with Crippen molar-refractivity contribution < 1.29 is 21.6 Å². The Morgan fingerprint density at radius 1 is 0.667 bits per heavy atom. The molecule has 218 valence electrons. The summed E-state index contributed by atoms with van der Waals surface area (Å²) in [4.78, 5) is 13.8. The van der Waals surface area contributed by atoms with E-state index in [4.69, 9.17) is 0 Å². The highest BCUT2D eigenvalue weighted by molar-refractivity contribution is 7.92. The standard InChI is InChI=1S/C32H33N3O5S2/c36-32(33-27-19-21-29(22-20-27)41(37,38)34-23-11-1-2-12-24-34)30-17-9-10-18-31(30)35(25-26-13-5-3-6-14-26)42(39,40)28-15-7-4-8-16-28/h3-10,13-22H,1-2,11-12,23-25H2,(H,33,36). The lowest BCUT2D eigenvalue weighted by molar-refractivity contribution is 0.102. The zero-order valence-corrected chi connectivity index (χ0v) is 24.7. The molecule has 1 saturated heterocycles. The Morgan fingerprint density at radius 3 is 1.88 bits per heavy atom. The number of nitrogens with zero attached hydrogens (tertiary/aromatic N) is 2. The van der Waals surface area contributed by atoms with E-state index < -0.39 is 26.0 Å². The first-order valence-electron chi connectivity index (χ1n) is 13.9. The Morgan fingerprint density at radius 2 is 1.24 bits per heavy atom. The van der Waals surface area contributed by atoms with E-state index in [0.29, 0.717) is 18.8 Å². The molecule has 5 rings (SSSR count). The molecular formula is C32H33N3O5S2. The van der Waals surface area contributed by atoms with E-state index in [0.717, 1.165) is 31.2 Å². The first kappa shape index (κ1) is 29.5. The summed E-state index contributed by atoms with van der Waals surface area (Å²) in [5, 5.41) is 2.81. The van der Waals surface area contributed by atoms with Gasteiger partial charge in [0.25, 0.3) is 15.9 Å². The molecule has 8 nitrogen and oxygen atoms in total. The average Bonchev–Trinajstić information content (AvgIpc) is 3.32. The molecule has 4 aromatic carbocycles. The topological polar surface area (TPSA) is 104 Å². The number of benzene rings is 4.